The average molecular weight is 547 g/mol. The molecule has 0 radical (unpaired) electrons. The number of halogens is 1. The van der Waals surface area contributed by atoms with E-state index in [2.05, 4.69) is 50.3 Å². The summed E-state index contributed by atoms with van der Waals surface area (Å²) in [5.74, 6) is 0.635. The van der Waals surface area contributed by atoms with Crippen molar-refractivity contribution in [1.82, 2.24) is 39.7 Å². The zero-order valence-corrected chi connectivity index (χ0v) is 22.5. The number of tetrazole rings is 2. The van der Waals surface area contributed by atoms with Crippen LogP contribution in [0.4, 0.5) is 0 Å². The summed E-state index contributed by atoms with van der Waals surface area (Å²) in [5, 5.41) is 27.9. The van der Waals surface area contributed by atoms with Crippen molar-refractivity contribution in [1.29, 1.82) is 0 Å². The van der Waals surface area contributed by atoms with Crippen LogP contribution >= 0.6 is 11.6 Å². The molecule has 3 aromatic carbocycles. The highest BCUT2D eigenvalue weighted by atomic mass is 35.5. The maximum atomic E-state index is 6.73. The van der Waals surface area contributed by atoms with Gasteiger partial charge in [-0.15, -0.1) is 4.68 Å². The Labute approximate surface area is 231 Å². The first-order chi connectivity index (χ1) is 19.5. The second-order valence-corrected chi connectivity index (χ2v) is 10.2. The van der Waals surface area contributed by atoms with Crippen LogP contribution in [0.3, 0.4) is 0 Å². The SMILES string of the molecule is Cc1onc(-c2ccccc2Cl)c1/C(c1c2ccccc2c2n(C)nnn12)=c1/c2ccccc2c2n1nn[n+]2C. The van der Waals surface area contributed by atoms with Gasteiger partial charge in [0.15, 0.2) is 16.2 Å². The van der Waals surface area contributed by atoms with Crippen LogP contribution in [0.1, 0.15) is 17.0 Å². The smallest absolute Gasteiger partial charge is 0.295 e. The molecule has 10 nitrogen and oxygen atoms in total. The monoisotopic (exact) mass is 546 g/mol. The van der Waals surface area contributed by atoms with Crippen LogP contribution in [0.2, 0.25) is 5.02 Å². The molecule has 40 heavy (non-hydrogen) atoms. The number of hydrogen-bond acceptors (Lipinski definition) is 6. The van der Waals surface area contributed by atoms with E-state index in [1.54, 1.807) is 9.36 Å². The third-order valence-electron chi connectivity index (χ3n) is 7.53. The van der Waals surface area contributed by atoms with Crippen LogP contribution in [-0.4, -0.2) is 39.7 Å². The first-order valence-corrected chi connectivity index (χ1v) is 13.1. The molecule has 0 aliphatic heterocycles. The van der Waals surface area contributed by atoms with Crippen LogP contribution < -0.4 is 10.0 Å². The molecule has 0 N–H and O–H groups in total. The molecule has 0 aliphatic carbocycles. The van der Waals surface area contributed by atoms with Gasteiger partial charge in [0.25, 0.3) is 5.65 Å². The van der Waals surface area contributed by atoms with Gasteiger partial charge >= 0.3 is 0 Å². The maximum absolute atomic E-state index is 6.73. The lowest BCUT2D eigenvalue weighted by atomic mass is 9.94. The summed E-state index contributed by atoms with van der Waals surface area (Å²) in [6.07, 6.45) is 0. The van der Waals surface area contributed by atoms with E-state index in [0.29, 0.717) is 16.5 Å². The van der Waals surface area contributed by atoms with E-state index in [-0.39, 0.29) is 0 Å². The summed E-state index contributed by atoms with van der Waals surface area (Å²) < 4.78 is 13.2. The molecule has 0 bridgehead atoms. The lowest BCUT2D eigenvalue weighted by Crippen LogP contribution is -2.30. The molecular formula is C29H21ClN9O+. The quantitative estimate of drug-likeness (QED) is 0.313. The molecule has 194 valence electrons. The van der Waals surface area contributed by atoms with Gasteiger partial charge in [-0.25, -0.2) is 4.68 Å². The van der Waals surface area contributed by atoms with Crippen molar-refractivity contribution in [2.75, 3.05) is 0 Å². The Kier molecular flexibility index (Phi) is 4.69. The maximum Gasteiger partial charge on any atom is 0.295 e. The second-order valence-electron chi connectivity index (χ2n) is 9.78. The van der Waals surface area contributed by atoms with Crippen molar-refractivity contribution in [3.8, 4) is 11.3 Å². The highest BCUT2D eigenvalue weighted by molar-refractivity contribution is 6.33. The number of aromatic nitrogens is 9. The Morgan fingerprint density at radius 2 is 1.52 bits per heavy atom. The van der Waals surface area contributed by atoms with Gasteiger partial charge in [0.2, 0.25) is 0 Å². The molecule has 0 saturated heterocycles. The van der Waals surface area contributed by atoms with Gasteiger partial charge in [0.05, 0.1) is 34.3 Å². The van der Waals surface area contributed by atoms with E-state index in [4.69, 9.17) is 16.1 Å². The van der Waals surface area contributed by atoms with E-state index < -0.39 is 0 Å². The van der Waals surface area contributed by atoms with E-state index in [0.717, 1.165) is 60.6 Å². The van der Waals surface area contributed by atoms with Crippen molar-refractivity contribution in [2.24, 2.45) is 14.1 Å². The third-order valence-corrected chi connectivity index (χ3v) is 7.86. The number of nitrogens with zero attached hydrogens (tertiary/aromatic N) is 9. The minimum atomic E-state index is 0.575. The molecule has 0 spiro atoms. The molecule has 5 aromatic heterocycles. The predicted molar refractivity (Wildman–Crippen MR) is 150 cm³/mol. The summed E-state index contributed by atoms with van der Waals surface area (Å²) in [6, 6.07) is 24.1. The van der Waals surface area contributed by atoms with E-state index >= 15 is 0 Å². The van der Waals surface area contributed by atoms with Crippen LogP contribution in [0.25, 0.3) is 49.7 Å². The van der Waals surface area contributed by atoms with Crippen molar-refractivity contribution >= 4 is 50.0 Å². The normalized spacial score (nSPS) is 12.9. The lowest BCUT2D eigenvalue weighted by molar-refractivity contribution is -0.706. The zero-order chi connectivity index (χ0) is 27.1. The van der Waals surface area contributed by atoms with Gasteiger partial charge in [-0.05, 0) is 34.0 Å². The Balaban J connectivity index is 1.69. The minimum absolute atomic E-state index is 0.575. The Morgan fingerprint density at radius 3 is 2.33 bits per heavy atom. The Hall–Kier alpha value is -5.09. The number of aryl methyl sites for hydroxylation is 3. The molecule has 0 atom stereocenters. The van der Waals surface area contributed by atoms with Crippen molar-refractivity contribution < 1.29 is 9.20 Å². The molecule has 8 rings (SSSR count). The number of benzene rings is 3. The largest absolute Gasteiger partial charge is 0.360 e. The molecule has 0 unspecified atom stereocenters. The summed E-state index contributed by atoms with van der Waals surface area (Å²) in [6.45, 7) is 1.91. The predicted octanol–water partition coefficient (Wildman–Crippen LogP) is 3.82. The third kappa shape index (κ3) is 2.93. The first kappa shape index (κ1) is 22.9. The summed E-state index contributed by atoms with van der Waals surface area (Å²) in [7, 11) is 3.79. The average Bonchev–Trinajstić information content (AvgIpc) is 3.76. The molecule has 0 saturated carbocycles. The number of fused-ring (bicyclic) bond motifs is 6. The van der Waals surface area contributed by atoms with Crippen LogP contribution in [-0.2, 0) is 14.1 Å². The van der Waals surface area contributed by atoms with E-state index in [1.165, 1.54) is 0 Å². The highest BCUT2D eigenvalue weighted by Crippen LogP contribution is 2.40. The van der Waals surface area contributed by atoms with Gasteiger partial charge in [-0.2, -0.15) is 4.52 Å². The van der Waals surface area contributed by atoms with E-state index in [1.807, 2.05) is 78.6 Å². The van der Waals surface area contributed by atoms with Crippen molar-refractivity contribution in [2.45, 2.75) is 6.92 Å². The molecule has 8 aromatic rings. The summed E-state index contributed by atoms with van der Waals surface area (Å²) >= 11 is 6.73. The second kappa shape index (κ2) is 8.20. The fourth-order valence-electron chi connectivity index (χ4n) is 5.85. The molecule has 0 fully saturated rings. The fraction of sp³-hybridized carbons (Fsp3) is 0.103. The van der Waals surface area contributed by atoms with Gasteiger partial charge in [-0.1, -0.05) is 77.4 Å². The lowest BCUT2D eigenvalue weighted by Gasteiger charge is -2.09. The van der Waals surface area contributed by atoms with Crippen molar-refractivity contribution in [3.05, 3.63) is 100 Å². The summed E-state index contributed by atoms with van der Waals surface area (Å²) in [4.78, 5) is 0. The Bertz CT molecular complexity index is 2340. The number of hydrogen-bond donors (Lipinski definition) is 0. The van der Waals surface area contributed by atoms with Gasteiger partial charge in [0.1, 0.15) is 16.7 Å². The van der Waals surface area contributed by atoms with Crippen LogP contribution in [0, 0.1) is 6.92 Å². The summed E-state index contributed by atoms with van der Waals surface area (Å²) in [5.41, 5.74) is 5.60. The molecule has 0 amide bonds. The number of rotatable bonds is 3. The van der Waals surface area contributed by atoms with Gasteiger partial charge < -0.3 is 4.52 Å². The molecule has 11 heteroatoms. The van der Waals surface area contributed by atoms with Crippen molar-refractivity contribution in [3.63, 3.8) is 0 Å². The fourth-order valence-corrected chi connectivity index (χ4v) is 6.08. The molecule has 5 heterocycles. The van der Waals surface area contributed by atoms with Gasteiger partial charge in [0, 0.05) is 28.8 Å². The standard InChI is InChI=1S/C29H21ClN9O/c1-16-23(25(31-40-16)21-14-8-9-15-22(21)30)24(26-17-10-4-6-12-19(17)28-36(2)32-34-38(26)28)27-18-11-5-7-13-20(18)29-37(3)33-35-39(27)29/h4-15H,1-3H3/q+1. The zero-order valence-electron chi connectivity index (χ0n) is 21.7. The molecular weight excluding hydrogens is 526 g/mol. The van der Waals surface area contributed by atoms with E-state index in [9.17, 15) is 0 Å². The first-order valence-electron chi connectivity index (χ1n) is 12.7. The minimum Gasteiger partial charge on any atom is -0.360 e. The van der Waals surface area contributed by atoms with Gasteiger partial charge in [-0.3, -0.25) is 0 Å². The highest BCUT2D eigenvalue weighted by Gasteiger charge is 2.32. The molecule has 0 aliphatic rings. The topological polar surface area (TPSA) is 95.2 Å². The Morgan fingerprint density at radius 1 is 0.825 bits per heavy atom. The van der Waals surface area contributed by atoms with Crippen LogP contribution in [0.15, 0.2) is 77.3 Å². The van der Waals surface area contributed by atoms with Crippen LogP contribution in [0.5, 0.6) is 0 Å².